The lowest BCUT2D eigenvalue weighted by Crippen LogP contribution is -2.43. The van der Waals surface area contributed by atoms with Gasteiger partial charge in [-0.3, -0.25) is 0 Å². The van der Waals surface area contributed by atoms with Crippen molar-refractivity contribution in [3.63, 3.8) is 0 Å². The van der Waals surface area contributed by atoms with Crippen LogP contribution in [0.4, 0.5) is 15.8 Å². The predicted molar refractivity (Wildman–Crippen MR) is 67.9 cm³/mol. The van der Waals surface area contributed by atoms with Crippen molar-refractivity contribution >= 4 is 23.0 Å². The molecule has 0 amide bonds. The van der Waals surface area contributed by atoms with E-state index in [0.717, 1.165) is 19.4 Å². The lowest BCUT2D eigenvalue weighted by molar-refractivity contribution is 0.0539. The quantitative estimate of drug-likeness (QED) is 0.802. The van der Waals surface area contributed by atoms with E-state index in [0.29, 0.717) is 12.3 Å². The Morgan fingerprint density at radius 3 is 2.94 bits per heavy atom. The summed E-state index contributed by atoms with van der Waals surface area (Å²) in [5, 5.41) is 3.20. The van der Waals surface area contributed by atoms with Gasteiger partial charge in [-0.1, -0.05) is 11.6 Å². The molecule has 1 aromatic rings. The average Bonchev–Trinajstić information content (AvgIpc) is 2.31. The van der Waals surface area contributed by atoms with Gasteiger partial charge in [-0.25, -0.2) is 4.39 Å². The fourth-order valence-corrected chi connectivity index (χ4v) is 2.18. The topological polar surface area (TPSA) is 47.3 Å². The second-order valence-electron chi connectivity index (χ2n) is 4.67. The molecule has 1 heterocycles. The Hall–Kier alpha value is -1.00. The van der Waals surface area contributed by atoms with Crippen molar-refractivity contribution in [3.05, 3.63) is 23.0 Å². The van der Waals surface area contributed by atoms with Gasteiger partial charge in [-0.05, 0) is 31.9 Å². The van der Waals surface area contributed by atoms with Gasteiger partial charge in [0.25, 0.3) is 0 Å². The molecule has 94 valence electrons. The molecule has 3 nitrogen and oxygen atoms in total. The van der Waals surface area contributed by atoms with Gasteiger partial charge in [-0.2, -0.15) is 0 Å². The first kappa shape index (κ1) is 12.5. The van der Waals surface area contributed by atoms with Crippen molar-refractivity contribution in [2.45, 2.75) is 25.3 Å². The van der Waals surface area contributed by atoms with E-state index in [-0.39, 0.29) is 16.2 Å². The molecule has 0 bridgehead atoms. The maximum atomic E-state index is 13.9. The summed E-state index contributed by atoms with van der Waals surface area (Å²) in [6.45, 7) is 3.29. The highest BCUT2D eigenvalue weighted by Gasteiger charge is 2.29. The first-order valence-electron chi connectivity index (χ1n) is 5.61. The van der Waals surface area contributed by atoms with Crippen molar-refractivity contribution in [1.82, 2.24) is 0 Å². The van der Waals surface area contributed by atoms with Crippen molar-refractivity contribution in [2.75, 3.05) is 24.3 Å². The van der Waals surface area contributed by atoms with E-state index in [1.165, 1.54) is 6.07 Å². The summed E-state index contributed by atoms with van der Waals surface area (Å²) in [6.07, 6.45) is 1.87. The molecule has 0 aromatic heterocycles. The largest absolute Gasteiger partial charge is 0.397 e. The minimum atomic E-state index is -0.501. The molecule has 1 aliphatic rings. The molecule has 5 heteroatoms. The molecule has 1 unspecified atom stereocenters. The molecular weight excluding hydrogens is 243 g/mol. The molecule has 0 saturated carbocycles. The first-order valence-corrected chi connectivity index (χ1v) is 5.99. The van der Waals surface area contributed by atoms with Crippen LogP contribution < -0.4 is 11.1 Å². The molecule has 0 aliphatic carbocycles. The third-order valence-electron chi connectivity index (χ3n) is 2.99. The van der Waals surface area contributed by atoms with E-state index in [1.807, 2.05) is 6.92 Å². The van der Waals surface area contributed by atoms with Crippen LogP contribution in [0.5, 0.6) is 0 Å². The maximum absolute atomic E-state index is 13.9. The zero-order valence-corrected chi connectivity index (χ0v) is 10.5. The highest BCUT2D eigenvalue weighted by molar-refractivity contribution is 6.31. The lowest BCUT2D eigenvalue weighted by Gasteiger charge is -2.35. The van der Waals surface area contributed by atoms with Gasteiger partial charge < -0.3 is 15.8 Å². The second kappa shape index (κ2) is 4.70. The van der Waals surface area contributed by atoms with Crippen molar-refractivity contribution < 1.29 is 9.13 Å². The summed E-state index contributed by atoms with van der Waals surface area (Å²) in [7, 11) is 0. The van der Waals surface area contributed by atoms with E-state index in [1.54, 1.807) is 6.07 Å². The van der Waals surface area contributed by atoms with Crippen LogP contribution in [0.1, 0.15) is 19.8 Å². The first-order chi connectivity index (χ1) is 8.02. The molecule has 0 spiro atoms. The monoisotopic (exact) mass is 258 g/mol. The number of rotatable bonds is 2. The van der Waals surface area contributed by atoms with E-state index in [4.69, 9.17) is 22.1 Å². The summed E-state index contributed by atoms with van der Waals surface area (Å²) in [4.78, 5) is 0. The Kier molecular flexibility index (Phi) is 3.45. The molecule has 1 atom stereocenters. The summed E-state index contributed by atoms with van der Waals surface area (Å²) < 4.78 is 19.3. The van der Waals surface area contributed by atoms with Gasteiger partial charge in [0.15, 0.2) is 5.82 Å². The Labute approximate surface area is 105 Å². The van der Waals surface area contributed by atoms with Gasteiger partial charge in [0.2, 0.25) is 0 Å². The normalized spacial score (nSPS) is 24.6. The summed E-state index contributed by atoms with van der Waals surface area (Å²) in [5.41, 5.74) is 6.10. The fraction of sp³-hybridized carbons (Fsp3) is 0.500. The molecule has 2 rings (SSSR count). The summed E-state index contributed by atoms with van der Waals surface area (Å²) in [5.74, 6) is -0.501. The highest BCUT2D eigenvalue weighted by Crippen LogP contribution is 2.32. The number of ether oxygens (including phenoxy) is 1. The molecular formula is C12H16ClFN2O. The Morgan fingerprint density at radius 2 is 2.29 bits per heavy atom. The smallest absolute Gasteiger partial charge is 0.166 e. The van der Waals surface area contributed by atoms with Crippen LogP contribution in [-0.4, -0.2) is 18.8 Å². The summed E-state index contributed by atoms with van der Waals surface area (Å²) >= 11 is 5.75. The van der Waals surface area contributed by atoms with E-state index < -0.39 is 5.82 Å². The molecule has 0 radical (unpaired) electrons. The van der Waals surface area contributed by atoms with Crippen LogP contribution >= 0.6 is 11.6 Å². The van der Waals surface area contributed by atoms with Crippen LogP contribution in [0.3, 0.4) is 0 Å². The van der Waals surface area contributed by atoms with Gasteiger partial charge in [-0.15, -0.1) is 0 Å². The molecule has 1 fully saturated rings. The third-order valence-corrected chi connectivity index (χ3v) is 3.28. The van der Waals surface area contributed by atoms with Crippen molar-refractivity contribution in [2.24, 2.45) is 0 Å². The standard InChI is InChI=1S/C12H16ClFN2O/c1-12(5-2-6-17-7-12)16-11-9(15)4-3-8(13)10(11)14/h3-4,16H,2,5-7,15H2,1H3. The SMILES string of the molecule is CC1(Nc2c(N)ccc(Cl)c2F)CCCOC1. The number of hydrogen-bond donors (Lipinski definition) is 2. The van der Waals surface area contributed by atoms with Crippen LogP contribution in [0.2, 0.25) is 5.02 Å². The van der Waals surface area contributed by atoms with Gasteiger partial charge in [0, 0.05) is 6.61 Å². The van der Waals surface area contributed by atoms with E-state index in [9.17, 15) is 4.39 Å². The van der Waals surface area contributed by atoms with Crippen LogP contribution in [0.25, 0.3) is 0 Å². The molecule has 3 N–H and O–H groups in total. The number of nitrogens with two attached hydrogens (primary N) is 1. The zero-order valence-electron chi connectivity index (χ0n) is 9.72. The van der Waals surface area contributed by atoms with Crippen molar-refractivity contribution in [1.29, 1.82) is 0 Å². The predicted octanol–water partition coefficient (Wildman–Crippen LogP) is 3.04. The number of hydrogen-bond acceptors (Lipinski definition) is 3. The fourth-order valence-electron chi connectivity index (χ4n) is 2.03. The third kappa shape index (κ3) is 2.64. The molecule has 1 aliphatic heterocycles. The zero-order chi connectivity index (χ0) is 12.5. The molecule has 17 heavy (non-hydrogen) atoms. The number of anilines is 2. The Balaban J connectivity index is 2.26. The number of halogens is 2. The van der Waals surface area contributed by atoms with Gasteiger partial charge in [0.1, 0.15) is 0 Å². The number of nitrogens with one attached hydrogen (secondary N) is 1. The Bertz CT molecular complexity index is 419. The van der Waals surface area contributed by atoms with E-state index in [2.05, 4.69) is 5.32 Å². The van der Waals surface area contributed by atoms with E-state index >= 15 is 0 Å². The maximum Gasteiger partial charge on any atom is 0.166 e. The minimum Gasteiger partial charge on any atom is -0.397 e. The number of nitrogen functional groups attached to an aromatic ring is 1. The Morgan fingerprint density at radius 1 is 1.53 bits per heavy atom. The summed E-state index contributed by atoms with van der Waals surface area (Å²) in [6, 6.07) is 3.05. The van der Waals surface area contributed by atoms with Crippen LogP contribution in [0, 0.1) is 5.82 Å². The molecule has 1 saturated heterocycles. The second-order valence-corrected chi connectivity index (χ2v) is 5.07. The average molecular weight is 259 g/mol. The minimum absolute atomic E-state index is 0.0713. The lowest BCUT2D eigenvalue weighted by atomic mass is 9.94. The van der Waals surface area contributed by atoms with Gasteiger partial charge in [0.05, 0.1) is 28.5 Å². The number of benzene rings is 1. The van der Waals surface area contributed by atoms with Crippen LogP contribution in [-0.2, 0) is 4.74 Å². The highest BCUT2D eigenvalue weighted by atomic mass is 35.5. The van der Waals surface area contributed by atoms with Crippen LogP contribution in [0.15, 0.2) is 12.1 Å². The van der Waals surface area contributed by atoms with Gasteiger partial charge >= 0.3 is 0 Å². The van der Waals surface area contributed by atoms with Crippen molar-refractivity contribution in [3.8, 4) is 0 Å². The molecule has 1 aromatic carbocycles.